The number of ether oxygens (including phenoxy) is 1. The third kappa shape index (κ3) is 4.16. The van der Waals surface area contributed by atoms with Crippen molar-refractivity contribution < 1.29 is 14.6 Å². The zero-order chi connectivity index (χ0) is 15.4. The van der Waals surface area contributed by atoms with Crippen LogP contribution in [0.3, 0.4) is 0 Å². The predicted molar refractivity (Wildman–Crippen MR) is 82.2 cm³/mol. The molecule has 2 N–H and O–H groups in total. The van der Waals surface area contributed by atoms with E-state index in [1.54, 1.807) is 12.1 Å². The van der Waals surface area contributed by atoms with Gasteiger partial charge in [-0.2, -0.15) is 0 Å². The zero-order valence-electron chi connectivity index (χ0n) is 11.5. The van der Waals surface area contributed by atoms with Crippen LogP contribution >= 0.6 is 15.9 Å². The van der Waals surface area contributed by atoms with Gasteiger partial charge in [-0.15, -0.1) is 0 Å². The number of hydrogen-bond donors (Lipinski definition) is 2. The number of benzene rings is 1. The molecule has 1 aromatic carbocycles. The van der Waals surface area contributed by atoms with E-state index < -0.39 is 5.97 Å². The average Bonchev–Trinajstić information content (AvgIpc) is 2.40. The van der Waals surface area contributed by atoms with Crippen LogP contribution in [0.25, 0.3) is 0 Å². The highest BCUT2D eigenvalue weighted by atomic mass is 79.9. The normalized spacial score (nSPS) is 10.5. The first-order valence-electron chi connectivity index (χ1n) is 6.24. The van der Waals surface area contributed by atoms with Crippen molar-refractivity contribution in [2.24, 2.45) is 0 Å². The van der Waals surface area contributed by atoms with E-state index in [9.17, 15) is 4.79 Å². The standard InChI is InChI=1S/C14H14BrN3O3/c1-8(2)21-13-6-12(16-7-17-13)18-11-4-3-9(14(19)20)5-10(11)15/h3-8H,1-2H3,(H,19,20)(H,16,17,18). The molecule has 110 valence electrons. The van der Waals surface area contributed by atoms with Gasteiger partial charge in [-0.25, -0.2) is 14.8 Å². The van der Waals surface area contributed by atoms with Crippen molar-refractivity contribution in [2.45, 2.75) is 20.0 Å². The summed E-state index contributed by atoms with van der Waals surface area (Å²) in [6.45, 7) is 3.83. The molecule has 0 atom stereocenters. The first-order chi connectivity index (χ1) is 9.95. The quantitative estimate of drug-likeness (QED) is 0.857. The van der Waals surface area contributed by atoms with Crippen molar-refractivity contribution in [3.8, 4) is 5.88 Å². The maximum Gasteiger partial charge on any atom is 0.335 e. The van der Waals surface area contributed by atoms with E-state index in [4.69, 9.17) is 9.84 Å². The van der Waals surface area contributed by atoms with Crippen LogP contribution in [0, 0.1) is 0 Å². The van der Waals surface area contributed by atoms with Crippen molar-refractivity contribution in [3.05, 3.63) is 40.6 Å². The molecule has 2 rings (SSSR count). The molecule has 0 spiro atoms. The van der Waals surface area contributed by atoms with E-state index >= 15 is 0 Å². The van der Waals surface area contributed by atoms with E-state index in [1.165, 1.54) is 18.5 Å². The highest BCUT2D eigenvalue weighted by Gasteiger charge is 2.08. The number of anilines is 2. The molecule has 0 aliphatic rings. The maximum absolute atomic E-state index is 10.9. The summed E-state index contributed by atoms with van der Waals surface area (Å²) in [6, 6.07) is 6.38. The second-order valence-electron chi connectivity index (χ2n) is 4.53. The molecule has 0 aliphatic carbocycles. The van der Waals surface area contributed by atoms with Crippen molar-refractivity contribution in [2.75, 3.05) is 5.32 Å². The summed E-state index contributed by atoms with van der Waals surface area (Å²) in [5, 5.41) is 12.0. The van der Waals surface area contributed by atoms with Crippen LogP contribution in [0.2, 0.25) is 0 Å². The summed E-state index contributed by atoms with van der Waals surface area (Å²) in [6.07, 6.45) is 1.42. The minimum atomic E-state index is -0.975. The number of nitrogens with one attached hydrogen (secondary N) is 1. The second kappa shape index (κ2) is 6.53. The Labute approximate surface area is 130 Å². The van der Waals surface area contributed by atoms with Crippen LogP contribution < -0.4 is 10.1 Å². The van der Waals surface area contributed by atoms with Gasteiger partial charge in [-0.3, -0.25) is 0 Å². The molecule has 7 heteroatoms. The number of halogens is 1. The molecule has 0 saturated heterocycles. The first-order valence-corrected chi connectivity index (χ1v) is 7.03. The SMILES string of the molecule is CC(C)Oc1cc(Nc2ccc(C(=O)O)cc2Br)ncn1. The van der Waals surface area contributed by atoms with Crippen LogP contribution in [0.15, 0.2) is 35.1 Å². The molecule has 0 unspecified atom stereocenters. The van der Waals surface area contributed by atoms with Gasteiger partial charge in [0.05, 0.1) is 17.4 Å². The Bertz CT molecular complexity index is 662. The fraction of sp³-hybridized carbons (Fsp3) is 0.214. The Morgan fingerprint density at radius 1 is 1.33 bits per heavy atom. The van der Waals surface area contributed by atoms with Crippen LogP contribution in [0.5, 0.6) is 5.88 Å². The smallest absolute Gasteiger partial charge is 0.335 e. The fourth-order valence-electron chi connectivity index (χ4n) is 1.60. The van der Waals surface area contributed by atoms with E-state index in [2.05, 4.69) is 31.2 Å². The Kier molecular flexibility index (Phi) is 4.74. The van der Waals surface area contributed by atoms with Crippen LogP contribution in [0.1, 0.15) is 24.2 Å². The zero-order valence-corrected chi connectivity index (χ0v) is 13.1. The Balaban J connectivity index is 2.20. The van der Waals surface area contributed by atoms with Crippen molar-refractivity contribution in [3.63, 3.8) is 0 Å². The molecule has 0 aliphatic heterocycles. The summed E-state index contributed by atoms with van der Waals surface area (Å²) in [7, 11) is 0. The largest absolute Gasteiger partial charge is 0.478 e. The number of aromatic carboxylic acids is 1. The molecular weight excluding hydrogens is 338 g/mol. The van der Waals surface area contributed by atoms with Gasteiger partial charge in [0.1, 0.15) is 12.1 Å². The van der Waals surface area contributed by atoms with Crippen molar-refractivity contribution >= 4 is 33.4 Å². The van der Waals surface area contributed by atoms with Crippen LogP contribution in [-0.2, 0) is 0 Å². The molecule has 21 heavy (non-hydrogen) atoms. The lowest BCUT2D eigenvalue weighted by atomic mass is 10.2. The lowest BCUT2D eigenvalue weighted by molar-refractivity contribution is 0.0697. The summed E-state index contributed by atoms with van der Waals surface area (Å²) in [5.74, 6) is 0.0575. The summed E-state index contributed by atoms with van der Waals surface area (Å²) >= 11 is 3.33. The van der Waals surface area contributed by atoms with Gasteiger partial charge >= 0.3 is 5.97 Å². The Morgan fingerprint density at radius 2 is 2.10 bits per heavy atom. The molecule has 6 nitrogen and oxygen atoms in total. The number of carbonyl (C=O) groups is 1. The maximum atomic E-state index is 10.9. The topological polar surface area (TPSA) is 84.3 Å². The monoisotopic (exact) mass is 351 g/mol. The summed E-state index contributed by atoms with van der Waals surface area (Å²) in [5.41, 5.74) is 0.910. The second-order valence-corrected chi connectivity index (χ2v) is 5.39. The number of carboxylic acids is 1. The summed E-state index contributed by atoms with van der Waals surface area (Å²) in [4.78, 5) is 19.0. The molecular formula is C14H14BrN3O3. The van der Waals surface area contributed by atoms with Crippen molar-refractivity contribution in [1.29, 1.82) is 0 Å². The van der Waals surface area contributed by atoms with E-state index in [1.807, 2.05) is 13.8 Å². The molecule has 0 saturated carbocycles. The number of carboxylic acid groups (broad SMARTS) is 1. The average molecular weight is 352 g/mol. The third-order valence-electron chi connectivity index (χ3n) is 2.48. The van der Waals surface area contributed by atoms with Gasteiger partial charge in [0.2, 0.25) is 5.88 Å². The minimum absolute atomic E-state index is 0.0225. The van der Waals surface area contributed by atoms with Crippen molar-refractivity contribution in [1.82, 2.24) is 9.97 Å². The van der Waals surface area contributed by atoms with Crippen LogP contribution in [-0.4, -0.2) is 27.1 Å². The number of nitrogens with zero attached hydrogens (tertiary/aromatic N) is 2. The first kappa shape index (κ1) is 15.2. The lowest BCUT2D eigenvalue weighted by Gasteiger charge is -2.11. The van der Waals surface area contributed by atoms with E-state index in [0.29, 0.717) is 21.9 Å². The molecule has 0 amide bonds. The van der Waals surface area contributed by atoms with E-state index in [-0.39, 0.29) is 11.7 Å². The Hall–Kier alpha value is -2.15. The van der Waals surface area contributed by atoms with Gasteiger partial charge < -0.3 is 15.2 Å². The fourth-order valence-corrected chi connectivity index (χ4v) is 2.08. The van der Waals surface area contributed by atoms with Gasteiger partial charge in [0, 0.05) is 10.5 Å². The molecule has 1 heterocycles. The van der Waals surface area contributed by atoms with E-state index in [0.717, 1.165) is 0 Å². The van der Waals surface area contributed by atoms with Gasteiger partial charge in [0.15, 0.2) is 0 Å². The molecule has 0 radical (unpaired) electrons. The number of hydrogen-bond acceptors (Lipinski definition) is 5. The number of aromatic nitrogens is 2. The minimum Gasteiger partial charge on any atom is -0.478 e. The van der Waals surface area contributed by atoms with Gasteiger partial charge in [-0.05, 0) is 48.0 Å². The molecule has 2 aromatic rings. The highest BCUT2D eigenvalue weighted by Crippen LogP contribution is 2.27. The highest BCUT2D eigenvalue weighted by molar-refractivity contribution is 9.10. The lowest BCUT2D eigenvalue weighted by Crippen LogP contribution is -2.07. The summed E-state index contributed by atoms with van der Waals surface area (Å²) < 4.78 is 6.12. The predicted octanol–water partition coefficient (Wildman–Crippen LogP) is 3.47. The van der Waals surface area contributed by atoms with Crippen LogP contribution in [0.4, 0.5) is 11.5 Å². The molecule has 0 fully saturated rings. The third-order valence-corrected chi connectivity index (χ3v) is 3.13. The molecule has 0 bridgehead atoms. The van der Waals surface area contributed by atoms with Gasteiger partial charge in [-0.1, -0.05) is 0 Å². The Morgan fingerprint density at radius 3 is 2.71 bits per heavy atom. The molecule has 1 aromatic heterocycles. The van der Waals surface area contributed by atoms with Gasteiger partial charge in [0.25, 0.3) is 0 Å². The number of rotatable bonds is 5.